The largest absolute Gasteiger partial charge is 0.463 e. The van der Waals surface area contributed by atoms with Crippen LogP contribution in [0.2, 0.25) is 0 Å². The highest BCUT2D eigenvalue weighted by molar-refractivity contribution is 5.76. The van der Waals surface area contributed by atoms with Crippen LogP contribution in [0.15, 0.2) is 52.2 Å². The van der Waals surface area contributed by atoms with E-state index < -0.39 is 0 Å². The quantitative estimate of drug-likeness (QED) is 0.616. The van der Waals surface area contributed by atoms with Crippen LogP contribution in [0.1, 0.15) is 5.76 Å². The van der Waals surface area contributed by atoms with Gasteiger partial charge in [-0.15, -0.1) is 0 Å². The number of hydrogen-bond donors (Lipinski definition) is 1. The number of halogens is 1. The molecule has 4 heteroatoms. The van der Waals surface area contributed by atoms with E-state index in [-0.39, 0.29) is 5.82 Å². The summed E-state index contributed by atoms with van der Waals surface area (Å²) in [6.07, 6.45) is 3.11. The van der Waals surface area contributed by atoms with E-state index in [0.717, 1.165) is 5.69 Å². The van der Waals surface area contributed by atoms with Crippen molar-refractivity contribution >= 4 is 11.9 Å². The summed E-state index contributed by atoms with van der Waals surface area (Å²) in [5, 5.41) is 3.92. The summed E-state index contributed by atoms with van der Waals surface area (Å²) in [6.45, 7) is 0. The smallest absolute Gasteiger partial charge is 0.146 e. The monoisotopic (exact) mass is 204 g/mol. The Morgan fingerprint density at radius 3 is 2.67 bits per heavy atom. The molecule has 0 unspecified atom stereocenters. The Balaban J connectivity index is 1.96. The molecule has 0 atom stereocenters. The molecular formula is C11H9FN2O. The van der Waals surface area contributed by atoms with Crippen molar-refractivity contribution in [1.82, 2.24) is 0 Å². The van der Waals surface area contributed by atoms with Crippen molar-refractivity contribution in [2.75, 3.05) is 5.43 Å². The van der Waals surface area contributed by atoms with E-state index in [2.05, 4.69) is 10.5 Å². The first-order valence-electron chi connectivity index (χ1n) is 4.43. The molecule has 2 aromatic rings. The average Bonchev–Trinajstić information content (AvgIpc) is 2.74. The Labute approximate surface area is 86.2 Å². The van der Waals surface area contributed by atoms with Gasteiger partial charge in [-0.2, -0.15) is 5.10 Å². The van der Waals surface area contributed by atoms with Gasteiger partial charge in [-0.25, -0.2) is 4.39 Å². The predicted molar refractivity (Wildman–Crippen MR) is 56.3 cm³/mol. The molecule has 1 aromatic heterocycles. The third-order valence-electron chi connectivity index (χ3n) is 1.77. The number of furan rings is 1. The molecule has 3 nitrogen and oxygen atoms in total. The van der Waals surface area contributed by atoms with E-state index in [0.29, 0.717) is 5.76 Å². The standard InChI is InChI=1S/C11H9FN2O/c12-9-3-5-10(6-4-9)14-13-8-11-2-1-7-15-11/h1-8,14H/b13-8+. The molecule has 2 rings (SSSR count). The maximum atomic E-state index is 12.6. The second kappa shape index (κ2) is 4.41. The van der Waals surface area contributed by atoms with Crippen LogP contribution in [0.5, 0.6) is 0 Å². The molecule has 0 aliphatic rings. The van der Waals surface area contributed by atoms with E-state index in [9.17, 15) is 4.39 Å². The number of nitrogens with one attached hydrogen (secondary N) is 1. The third-order valence-corrected chi connectivity index (χ3v) is 1.77. The van der Waals surface area contributed by atoms with Gasteiger partial charge < -0.3 is 4.42 Å². The van der Waals surface area contributed by atoms with Crippen LogP contribution in [0.4, 0.5) is 10.1 Å². The summed E-state index contributed by atoms with van der Waals surface area (Å²) in [7, 11) is 0. The lowest BCUT2D eigenvalue weighted by molar-refractivity contribution is 0.560. The van der Waals surface area contributed by atoms with E-state index >= 15 is 0 Å². The SMILES string of the molecule is Fc1ccc(N/N=C/c2ccco2)cc1. The molecule has 1 aromatic carbocycles. The number of rotatable bonds is 3. The number of benzene rings is 1. The minimum atomic E-state index is -0.268. The first-order valence-corrected chi connectivity index (χ1v) is 4.43. The average molecular weight is 204 g/mol. The topological polar surface area (TPSA) is 37.5 Å². The Bertz CT molecular complexity index is 434. The first-order chi connectivity index (χ1) is 7.34. The lowest BCUT2D eigenvalue weighted by Crippen LogP contribution is -1.89. The van der Waals surface area contributed by atoms with Gasteiger partial charge in [0.25, 0.3) is 0 Å². The van der Waals surface area contributed by atoms with Crippen LogP contribution in [0.25, 0.3) is 0 Å². The zero-order chi connectivity index (χ0) is 10.5. The fraction of sp³-hybridized carbons (Fsp3) is 0. The second-order valence-electron chi connectivity index (χ2n) is 2.89. The van der Waals surface area contributed by atoms with Gasteiger partial charge in [0.15, 0.2) is 0 Å². The van der Waals surface area contributed by atoms with Crippen molar-refractivity contribution in [2.45, 2.75) is 0 Å². The molecular weight excluding hydrogens is 195 g/mol. The lowest BCUT2D eigenvalue weighted by atomic mass is 10.3. The number of nitrogens with zero attached hydrogens (tertiary/aromatic N) is 1. The zero-order valence-electron chi connectivity index (χ0n) is 7.85. The van der Waals surface area contributed by atoms with Gasteiger partial charge in [0.2, 0.25) is 0 Å². The minimum absolute atomic E-state index is 0.268. The van der Waals surface area contributed by atoms with Crippen molar-refractivity contribution in [1.29, 1.82) is 0 Å². The number of anilines is 1. The Morgan fingerprint density at radius 1 is 1.20 bits per heavy atom. The van der Waals surface area contributed by atoms with Crippen molar-refractivity contribution in [3.8, 4) is 0 Å². The van der Waals surface area contributed by atoms with E-state index in [4.69, 9.17) is 4.42 Å². The lowest BCUT2D eigenvalue weighted by Gasteiger charge is -1.97. The van der Waals surface area contributed by atoms with Crippen LogP contribution in [0, 0.1) is 5.82 Å². The van der Waals surface area contributed by atoms with Gasteiger partial charge >= 0.3 is 0 Å². The van der Waals surface area contributed by atoms with Crippen LogP contribution in [-0.2, 0) is 0 Å². The molecule has 0 radical (unpaired) electrons. The maximum Gasteiger partial charge on any atom is 0.146 e. The third kappa shape index (κ3) is 2.67. The zero-order valence-corrected chi connectivity index (χ0v) is 7.85. The van der Waals surface area contributed by atoms with Gasteiger partial charge in [-0.1, -0.05) is 0 Å². The molecule has 0 saturated carbocycles. The molecule has 0 aliphatic carbocycles. The molecule has 0 aliphatic heterocycles. The van der Waals surface area contributed by atoms with Gasteiger partial charge in [0.05, 0.1) is 18.2 Å². The van der Waals surface area contributed by atoms with E-state index in [1.54, 1.807) is 36.7 Å². The summed E-state index contributed by atoms with van der Waals surface area (Å²) in [5.74, 6) is 0.389. The summed E-state index contributed by atoms with van der Waals surface area (Å²) >= 11 is 0. The molecule has 15 heavy (non-hydrogen) atoms. The van der Waals surface area contributed by atoms with Crippen molar-refractivity contribution in [2.24, 2.45) is 5.10 Å². The highest BCUT2D eigenvalue weighted by Crippen LogP contribution is 2.07. The molecule has 1 N–H and O–H groups in total. The molecule has 0 amide bonds. The molecule has 0 bridgehead atoms. The Hall–Kier alpha value is -2.10. The van der Waals surface area contributed by atoms with E-state index in [1.165, 1.54) is 12.1 Å². The highest BCUT2D eigenvalue weighted by atomic mass is 19.1. The van der Waals surface area contributed by atoms with Gasteiger partial charge in [0, 0.05) is 0 Å². The molecule has 0 spiro atoms. The number of hydrogen-bond acceptors (Lipinski definition) is 3. The molecule has 76 valence electrons. The van der Waals surface area contributed by atoms with Crippen LogP contribution < -0.4 is 5.43 Å². The van der Waals surface area contributed by atoms with Gasteiger partial charge in [0.1, 0.15) is 11.6 Å². The Kier molecular flexibility index (Phi) is 2.78. The fourth-order valence-corrected chi connectivity index (χ4v) is 1.06. The maximum absolute atomic E-state index is 12.6. The highest BCUT2D eigenvalue weighted by Gasteiger charge is 1.91. The second-order valence-corrected chi connectivity index (χ2v) is 2.89. The molecule has 0 fully saturated rings. The summed E-state index contributed by atoms with van der Waals surface area (Å²) in [4.78, 5) is 0. The van der Waals surface area contributed by atoms with Crippen molar-refractivity contribution < 1.29 is 8.81 Å². The minimum Gasteiger partial charge on any atom is -0.463 e. The first kappa shape index (κ1) is 9.45. The predicted octanol–water partition coefficient (Wildman–Crippen LogP) is 2.86. The summed E-state index contributed by atoms with van der Waals surface area (Å²) in [5.41, 5.74) is 3.47. The van der Waals surface area contributed by atoms with Crippen molar-refractivity contribution in [3.63, 3.8) is 0 Å². The van der Waals surface area contributed by atoms with Gasteiger partial charge in [-0.3, -0.25) is 5.43 Å². The van der Waals surface area contributed by atoms with Crippen molar-refractivity contribution in [3.05, 3.63) is 54.2 Å². The summed E-state index contributed by atoms with van der Waals surface area (Å²) in [6, 6.07) is 9.51. The van der Waals surface area contributed by atoms with E-state index in [1.807, 2.05) is 0 Å². The van der Waals surface area contributed by atoms with Crippen LogP contribution >= 0.6 is 0 Å². The van der Waals surface area contributed by atoms with Crippen LogP contribution in [-0.4, -0.2) is 6.21 Å². The van der Waals surface area contributed by atoms with Crippen LogP contribution in [0.3, 0.4) is 0 Å². The molecule has 1 heterocycles. The Morgan fingerprint density at radius 2 is 2.00 bits per heavy atom. The normalized spacial score (nSPS) is 10.7. The molecule has 0 saturated heterocycles. The summed E-state index contributed by atoms with van der Waals surface area (Å²) < 4.78 is 17.6. The number of hydrazone groups is 1. The fourth-order valence-electron chi connectivity index (χ4n) is 1.06. The van der Waals surface area contributed by atoms with Gasteiger partial charge in [-0.05, 0) is 36.4 Å².